The minimum Gasteiger partial charge on any atom is -0.508 e. The number of rotatable bonds is 1. The summed E-state index contributed by atoms with van der Waals surface area (Å²) < 4.78 is 0. The summed E-state index contributed by atoms with van der Waals surface area (Å²) in [7, 11) is 0. The first-order chi connectivity index (χ1) is 6.22. The number of fused-ring (bicyclic) bond motifs is 1. The molecule has 2 heteroatoms. The second-order valence-corrected chi connectivity index (χ2v) is 3.30. The first-order valence-corrected chi connectivity index (χ1v) is 4.48. The number of aromatic hydroxyl groups is 1. The average molecular weight is 175 g/mol. The van der Waals surface area contributed by atoms with Crippen molar-refractivity contribution < 1.29 is 5.11 Å². The first-order valence-electron chi connectivity index (χ1n) is 4.48. The summed E-state index contributed by atoms with van der Waals surface area (Å²) in [6.45, 7) is 8.00. The van der Waals surface area contributed by atoms with E-state index >= 15 is 0 Å². The molecule has 0 bridgehead atoms. The molecule has 1 aliphatic heterocycles. The van der Waals surface area contributed by atoms with Crippen molar-refractivity contribution >= 4 is 5.70 Å². The van der Waals surface area contributed by atoms with Gasteiger partial charge in [0.25, 0.3) is 0 Å². The van der Waals surface area contributed by atoms with E-state index in [1.54, 1.807) is 12.1 Å². The molecule has 0 saturated heterocycles. The van der Waals surface area contributed by atoms with Crippen LogP contribution in [0.4, 0.5) is 0 Å². The fourth-order valence-electron chi connectivity index (χ4n) is 1.75. The van der Waals surface area contributed by atoms with Gasteiger partial charge in [-0.25, -0.2) is 0 Å². The number of benzene rings is 1. The molecule has 1 aromatic carbocycles. The number of nitrogens with zero attached hydrogens (tertiary/aromatic N) is 1. The van der Waals surface area contributed by atoms with E-state index in [9.17, 15) is 5.11 Å². The lowest BCUT2D eigenvalue weighted by Crippen LogP contribution is -2.13. The summed E-state index contributed by atoms with van der Waals surface area (Å²) in [5.41, 5.74) is 3.36. The molecule has 0 amide bonds. The summed E-state index contributed by atoms with van der Waals surface area (Å²) in [4.78, 5) is 2.20. The van der Waals surface area contributed by atoms with Gasteiger partial charge in [0, 0.05) is 24.4 Å². The van der Waals surface area contributed by atoms with Gasteiger partial charge >= 0.3 is 0 Å². The van der Waals surface area contributed by atoms with Crippen molar-refractivity contribution in [3.05, 3.63) is 35.9 Å². The Hall–Kier alpha value is -1.44. The summed E-state index contributed by atoms with van der Waals surface area (Å²) in [5, 5.41) is 9.31. The van der Waals surface area contributed by atoms with Crippen LogP contribution >= 0.6 is 0 Å². The van der Waals surface area contributed by atoms with Crippen molar-refractivity contribution in [3.63, 3.8) is 0 Å². The van der Waals surface area contributed by atoms with Gasteiger partial charge < -0.3 is 10.0 Å². The second kappa shape index (κ2) is 2.80. The van der Waals surface area contributed by atoms with Gasteiger partial charge in [-0.2, -0.15) is 0 Å². The molecule has 2 rings (SSSR count). The van der Waals surface area contributed by atoms with Crippen LogP contribution in [0.25, 0.3) is 5.70 Å². The predicted molar refractivity (Wildman–Crippen MR) is 53.2 cm³/mol. The lowest BCUT2D eigenvalue weighted by atomic mass is 10.1. The van der Waals surface area contributed by atoms with Crippen molar-refractivity contribution in [1.82, 2.24) is 4.90 Å². The minimum absolute atomic E-state index is 0.317. The van der Waals surface area contributed by atoms with Gasteiger partial charge in [0.15, 0.2) is 0 Å². The Kier molecular flexibility index (Phi) is 1.76. The smallest absolute Gasteiger partial charge is 0.116 e. The highest BCUT2D eigenvalue weighted by Gasteiger charge is 2.20. The number of hydrogen-bond donors (Lipinski definition) is 1. The standard InChI is InChI=1S/C11H13NO/c1-3-12-7-9-4-5-10(13)6-11(9)8(12)2/h4-6,13H,2-3,7H2,1H3. The third-order valence-corrected chi connectivity index (χ3v) is 2.53. The third kappa shape index (κ3) is 1.18. The fourth-order valence-corrected chi connectivity index (χ4v) is 1.75. The Labute approximate surface area is 78.1 Å². The SMILES string of the molecule is C=C1c2cc(O)ccc2CN1CC. The lowest BCUT2D eigenvalue weighted by molar-refractivity contribution is 0.434. The molecule has 0 spiro atoms. The van der Waals surface area contributed by atoms with E-state index in [0.29, 0.717) is 5.75 Å². The highest BCUT2D eigenvalue weighted by Crippen LogP contribution is 2.33. The quantitative estimate of drug-likeness (QED) is 0.707. The van der Waals surface area contributed by atoms with Crippen LogP contribution in [0.1, 0.15) is 18.1 Å². The summed E-state index contributed by atoms with van der Waals surface area (Å²) in [6, 6.07) is 5.48. The van der Waals surface area contributed by atoms with Crippen LogP contribution in [0.5, 0.6) is 5.75 Å². The van der Waals surface area contributed by atoms with Gasteiger partial charge in [-0.3, -0.25) is 0 Å². The average Bonchev–Trinajstić information content (AvgIpc) is 2.44. The molecular weight excluding hydrogens is 162 g/mol. The maximum atomic E-state index is 9.31. The molecule has 1 heterocycles. The molecular formula is C11H13NO. The Morgan fingerprint density at radius 2 is 2.31 bits per heavy atom. The van der Waals surface area contributed by atoms with Crippen molar-refractivity contribution in [3.8, 4) is 5.75 Å². The zero-order valence-electron chi connectivity index (χ0n) is 7.75. The number of hydrogen-bond acceptors (Lipinski definition) is 2. The van der Waals surface area contributed by atoms with E-state index in [1.807, 2.05) is 6.07 Å². The van der Waals surface area contributed by atoms with Gasteiger partial charge in [-0.15, -0.1) is 0 Å². The van der Waals surface area contributed by atoms with Crippen LogP contribution in [0.2, 0.25) is 0 Å². The Morgan fingerprint density at radius 1 is 1.54 bits per heavy atom. The van der Waals surface area contributed by atoms with Crippen LogP contribution in [0.15, 0.2) is 24.8 Å². The van der Waals surface area contributed by atoms with Crippen molar-refractivity contribution in [2.45, 2.75) is 13.5 Å². The normalized spacial score (nSPS) is 14.8. The molecule has 0 aliphatic carbocycles. The zero-order valence-corrected chi connectivity index (χ0v) is 7.75. The Morgan fingerprint density at radius 3 is 3.00 bits per heavy atom. The maximum absolute atomic E-state index is 9.31. The topological polar surface area (TPSA) is 23.5 Å². The Balaban J connectivity index is 2.45. The highest BCUT2D eigenvalue weighted by atomic mass is 16.3. The number of phenols is 1. The van der Waals surface area contributed by atoms with E-state index in [0.717, 1.165) is 24.4 Å². The molecule has 2 nitrogen and oxygen atoms in total. The van der Waals surface area contributed by atoms with E-state index in [4.69, 9.17) is 0 Å². The van der Waals surface area contributed by atoms with Crippen LogP contribution in [0.3, 0.4) is 0 Å². The van der Waals surface area contributed by atoms with E-state index in [-0.39, 0.29) is 0 Å². The first kappa shape index (κ1) is 8.17. The Bertz CT molecular complexity index is 357. The molecule has 0 fully saturated rings. The highest BCUT2D eigenvalue weighted by molar-refractivity contribution is 5.70. The molecule has 0 unspecified atom stereocenters. The van der Waals surface area contributed by atoms with Crippen LogP contribution in [0, 0.1) is 0 Å². The molecule has 1 aliphatic rings. The molecule has 0 saturated carbocycles. The summed E-state index contributed by atoms with van der Waals surface area (Å²) in [5.74, 6) is 0.317. The van der Waals surface area contributed by atoms with Crippen molar-refractivity contribution in [1.29, 1.82) is 0 Å². The van der Waals surface area contributed by atoms with Crippen molar-refractivity contribution in [2.75, 3.05) is 6.54 Å². The molecule has 1 N–H and O–H groups in total. The maximum Gasteiger partial charge on any atom is 0.116 e. The lowest BCUT2D eigenvalue weighted by Gasteiger charge is -2.15. The molecule has 1 aromatic rings. The van der Waals surface area contributed by atoms with Crippen LogP contribution in [-0.4, -0.2) is 16.6 Å². The van der Waals surface area contributed by atoms with E-state index in [1.165, 1.54) is 5.56 Å². The fraction of sp³-hybridized carbons (Fsp3) is 0.273. The summed E-state index contributed by atoms with van der Waals surface area (Å²) >= 11 is 0. The van der Waals surface area contributed by atoms with E-state index < -0.39 is 0 Å². The van der Waals surface area contributed by atoms with Crippen LogP contribution in [-0.2, 0) is 6.54 Å². The van der Waals surface area contributed by atoms with Crippen LogP contribution < -0.4 is 0 Å². The van der Waals surface area contributed by atoms with Gasteiger partial charge in [0.05, 0.1) is 0 Å². The number of phenolic OH excluding ortho intramolecular Hbond substituents is 1. The molecule has 0 atom stereocenters. The predicted octanol–water partition coefficient (Wildman–Crippen LogP) is 2.20. The minimum atomic E-state index is 0.317. The molecule has 68 valence electrons. The van der Waals surface area contributed by atoms with Gasteiger partial charge in [-0.05, 0) is 24.6 Å². The van der Waals surface area contributed by atoms with Crippen molar-refractivity contribution in [2.24, 2.45) is 0 Å². The summed E-state index contributed by atoms with van der Waals surface area (Å²) in [6.07, 6.45) is 0. The van der Waals surface area contributed by atoms with Gasteiger partial charge in [-0.1, -0.05) is 12.6 Å². The molecule has 0 radical (unpaired) electrons. The third-order valence-electron chi connectivity index (χ3n) is 2.53. The molecule has 13 heavy (non-hydrogen) atoms. The molecule has 0 aromatic heterocycles. The second-order valence-electron chi connectivity index (χ2n) is 3.30. The van der Waals surface area contributed by atoms with Gasteiger partial charge in [0.1, 0.15) is 5.75 Å². The van der Waals surface area contributed by atoms with E-state index in [2.05, 4.69) is 18.4 Å². The largest absolute Gasteiger partial charge is 0.508 e. The van der Waals surface area contributed by atoms with Gasteiger partial charge in [0.2, 0.25) is 0 Å². The monoisotopic (exact) mass is 175 g/mol. The zero-order chi connectivity index (χ0) is 9.42.